The number of hydrogen-bond donors (Lipinski definition) is 1. The van der Waals surface area contributed by atoms with Crippen molar-refractivity contribution in [3.63, 3.8) is 0 Å². The molecule has 1 heterocycles. The minimum Gasteiger partial charge on any atom is -0.436 e. The molecule has 0 aliphatic rings. The van der Waals surface area contributed by atoms with Crippen LogP contribution < -0.4 is 5.32 Å². The number of carbonyl (C=O) groups excluding carboxylic acids is 1. The Kier molecular flexibility index (Phi) is 4.78. The molecule has 4 aromatic carbocycles. The van der Waals surface area contributed by atoms with Crippen molar-refractivity contribution in [2.24, 2.45) is 0 Å². The molecular formula is C28H24N2O2. The van der Waals surface area contributed by atoms with Crippen molar-refractivity contribution in [3.05, 3.63) is 96.1 Å². The molecule has 1 N–H and O–H groups in total. The van der Waals surface area contributed by atoms with E-state index in [9.17, 15) is 4.79 Å². The Bertz CT molecular complexity index is 1420. The minimum absolute atomic E-state index is 0.0574. The van der Waals surface area contributed by atoms with Crippen molar-refractivity contribution >= 4 is 33.5 Å². The van der Waals surface area contributed by atoms with Gasteiger partial charge in [0.15, 0.2) is 5.58 Å². The Morgan fingerprint density at radius 2 is 1.56 bits per heavy atom. The molecule has 158 valence electrons. The van der Waals surface area contributed by atoms with Gasteiger partial charge >= 0.3 is 0 Å². The molecule has 0 spiro atoms. The van der Waals surface area contributed by atoms with Crippen LogP contribution in [0.3, 0.4) is 0 Å². The van der Waals surface area contributed by atoms with Gasteiger partial charge in [-0.2, -0.15) is 0 Å². The SMILES string of the molecule is CC(C)(C)c1ccc(C(=O)Nc2ccc(-c3nc4c(ccc5ccccc54)o3)cc2)cc1. The second-order valence-electron chi connectivity index (χ2n) is 9.01. The van der Waals surface area contributed by atoms with Gasteiger partial charge in [0.25, 0.3) is 5.91 Å². The van der Waals surface area contributed by atoms with Gasteiger partial charge in [0.1, 0.15) is 5.52 Å². The van der Waals surface area contributed by atoms with Gasteiger partial charge in [-0.1, -0.05) is 63.2 Å². The van der Waals surface area contributed by atoms with Crippen LogP contribution in [0.1, 0.15) is 36.7 Å². The van der Waals surface area contributed by atoms with Gasteiger partial charge in [0.2, 0.25) is 5.89 Å². The molecule has 5 rings (SSSR count). The van der Waals surface area contributed by atoms with Crippen LogP contribution in [0.5, 0.6) is 0 Å². The predicted octanol–water partition coefficient (Wildman–Crippen LogP) is 7.20. The number of anilines is 1. The fourth-order valence-electron chi connectivity index (χ4n) is 3.81. The first-order valence-corrected chi connectivity index (χ1v) is 10.7. The third-order valence-electron chi connectivity index (χ3n) is 5.69. The summed E-state index contributed by atoms with van der Waals surface area (Å²) in [5.41, 5.74) is 5.08. The molecule has 32 heavy (non-hydrogen) atoms. The largest absolute Gasteiger partial charge is 0.436 e. The van der Waals surface area contributed by atoms with Gasteiger partial charge in [0.05, 0.1) is 0 Å². The number of oxazole rings is 1. The van der Waals surface area contributed by atoms with Crippen LogP contribution in [-0.2, 0) is 5.41 Å². The first-order valence-electron chi connectivity index (χ1n) is 10.7. The average molecular weight is 421 g/mol. The van der Waals surface area contributed by atoms with E-state index in [-0.39, 0.29) is 11.3 Å². The normalized spacial score (nSPS) is 11.7. The number of carbonyl (C=O) groups is 1. The highest BCUT2D eigenvalue weighted by Gasteiger charge is 2.15. The van der Waals surface area contributed by atoms with Crippen LogP contribution in [0.4, 0.5) is 5.69 Å². The topological polar surface area (TPSA) is 55.1 Å². The Morgan fingerprint density at radius 3 is 2.28 bits per heavy atom. The summed E-state index contributed by atoms with van der Waals surface area (Å²) < 4.78 is 5.99. The Morgan fingerprint density at radius 1 is 0.844 bits per heavy atom. The summed E-state index contributed by atoms with van der Waals surface area (Å²) in [7, 11) is 0. The van der Waals surface area contributed by atoms with Gasteiger partial charge in [-0.15, -0.1) is 0 Å². The van der Waals surface area contributed by atoms with E-state index < -0.39 is 0 Å². The summed E-state index contributed by atoms with van der Waals surface area (Å²) in [6, 6.07) is 27.4. The monoisotopic (exact) mass is 420 g/mol. The Hall–Kier alpha value is -3.92. The van der Waals surface area contributed by atoms with Crippen LogP contribution in [-0.4, -0.2) is 10.9 Å². The molecule has 0 fully saturated rings. The highest BCUT2D eigenvalue weighted by molar-refractivity contribution is 6.05. The fourth-order valence-corrected chi connectivity index (χ4v) is 3.81. The quantitative estimate of drug-likeness (QED) is 0.336. The molecule has 1 aromatic heterocycles. The van der Waals surface area contributed by atoms with Gasteiger partial charge in [0, 0.05) is 22.2 Å². The zero-order valence-corrected chi connectivity index (χ0v) is 18.3. The average Bonchev–Trinajstić information content (AvgIpc) is 3.24. The standard InChI is InChI=1S/C28H24N2O2/c1-28(2,3)21-13-8-19(9-14-21)26(31)29-22-15-10-20(11-16-22)27-30-25-23-7-5-4-6-18(23)12-17-24(25)32-27/h4-17H,1-3H3,(H,29,31). The number of nitrogens with one attached hydrogen (secondary N) is 1. The molecular weight excluding hydrogens is 396 g/mol. The highest BCUT2D eigenvalue weighted by Crippen LogP contribution is 2.30. The molecule has 4 heteroatoms. The lowest BCUT2D eigenvalue weighted by molar-refractivity contribution is 0.102. The van der Waals surface area contributed by atoms with Crippen molar-refractivity contribution in [2.75, 3.05) is 5.32 Å². The molecule has 0 atom stereocenters. The first-order chi connectivity index (χ1) is 15.4. The lowest BCUT2D eigenvalue weighted by atomic mass is 9.87. The Balaban J connectivity index is 1.36. The van der Waals surface area contributed by atoms with Gasteiger partial charge < -0.3 is 9.73 Å². The third kappa shape index (κ3) is 3.76. The predicted molar refractivity (Wildman–Crippen MR) is 130 cm³/mol. The minimum atomic E-state index is -0.133. The zero-order chi connectivity index (χ0) is 22.3. The molecule has 0 saturated carbocycles. The Labute approximate surface area is 186 Å². The third-order valence-corrected chi connectivity index (χ3v) is 5.69. The summed E-state index contributed by atoms with van der Waals surface area (Å²) in [6.45, 7) is 6.47. The lowest BCUT2D eigenvalue weighted by Crippen LogP contribution is -2.14. The van der Waals surface area contributed by atoms with Crippen molar-refractivity contribution in [3.8, 4) is 11.5 Å². The molecule has 0 bridgehead atoms. The molecule has 0 saturated heterocycles. The van der Waals surface area contributed by atoms with Gasteiger partial charge in [-0.25, -0.2) is 4.98 Å². The molecule has 1 amide bonds. The molecule has 0 aliphatic carbocycles. The van der Waals surface area contributed by atoms with E-state index in [0.29, 0.717) is 11.5 Å². The second-order valence-corrected chi connectivity index (χ2v) is 9.01. The number of amides is 1. The molecule has 5 aromatic rings. The highest BCUT2D eigenvalue weighted by atomic mass is 16.3. The summed E-state index contributed by atoms with van der Waals surface area (Å²) in [5, 5.41) is 5.16. The van der Waals surface area contributed by atoms with Gasteiger partial charge in [-0.05, 0) is 58.8 Å². The van der Waals surface area contributed by atoms with Crippen LogP contribution in [0.2, 0.25) is 0 Å². The number of rotatable bonds is 3. The van der Waals surface area contributed by atoms with E-state index in [0.717, 1.165) is 33.1 Å². The van der Waals surface area contributed by atoms with E-state index in [4.69, 9.17) is 9.40 Å². The van der Waals surface area contributed by atoms with Crippen molar-refractivity contribution in [1.29, 1.82) is 0 Å². The van der Waals surface area contributed by atoms with Crippen LogP contribution >= 0.6 is 0 Å². The van der Waals surface area contributed by atoms with Crippen molar-refractivity contribution < 1.29 is 9.21 Å². The molecule has 0 aliphatic heterocycles. The van der Waals surface area contributed by atoms with E-state index in [2.05, 4.69) is 38.2 Å². The summed E-state index contributed by atoms with van der Waals surface area (Å²) in [5.74, 6) is 0.429. The molecule has 4 nitrogen and oxygen atoms in total. The van der Waals surface area contributed by atoms with Crippen LogP contribution in [0.15, 0.2) is 89.3 Å². The summed E-state index contributed by atoms with van der Waals surface area (Å²) in [6.07, 6.45) is 0. The van der Waals surface area contributed by atoms with E-state index in [1.54, 1.807) is 0 Å². The smallest absolute Gasteiger partial charge is 0.255 e. The zero-order valence-electron chi connectivity index (χ0n) is 18.3. The van der Waals surface area contributed by atoms with Crippen molar-refractivity contribution in [2.45, 2.75) is 26.2 Å². The fraction of sp³-hybridized carbons (Fsp3) is 0.143. The maximum atomic E-state index is 12.6. The van der Waals surface area contributed by atoms with Gasteiger partial charge in [-0.3, -0.25) is 4.79 Å². The molecule has 0 radical (unpaired) electrons. The second kappa shape index (κ2) is 7.65. The number of aromatic nitrogens is 1. The summed E-state index contributed by atoms with van der Waals surface area (Å²) in [4.78, 5) is 17.4. The summed E-state index contributed by atoms with van der Waals surface area (Å²) >= 11 is 0. The number of nitrogens with zero attached hydrogens (tertiary/aromatic N) is 1. The first kappa shape index (κ1) is 20.0. The van der Waals surface area contributed by atoms with E-state index in [1.807, 2.05) is 72.8 Å². The maximum Gasteiger partial charge on any atom is 0.255 e. The number of hydrogen-bond acceptors (Lipinski definition) is 3. The van der Waals surface area contributed by atoms with E-state index >= 15 is 0 Å². The van der Waals surface area contributed by atoms with Crippen LogP contribution in [0, 0.1) is 0 Å². The number of fused-ring (bicyclic) bond motifs is 3. The van der Waals surface area contributed by atoms with E-state index in [1.165, 1.54) is 5.56 Å². The maximum absolute atomic E-state index is 12.6. The van der Waals surface area contributed by atoms with Crippen molar-refractivity contribution in [1.82, 2.24) is 4.98 Å². The lowest BCUT2D eigenvalue weighted by Gasteiger charge is -2.19. The number of benzene rings is 4. The van der Waals surface area contributed by atoms with Crippen LogP contribution in [0.25, 0.3) is 33.3 Å². The molecule has 0 unspecified atom stereocenters.